The van der Waals surface area contributed by atoms with Gasteiger partial charge in [-0.2, -0.15) is 0 Å². The first-order valence-electron chi connectivity index (χ1n) is 2.94. The zero-order valence-electron chi connectivity index (χ0n) is 5.46. The minimum Gasteiger partial charge on any atom is -0.326 e. The Morgan fingerprint density at radius 3 is 2.89 bits per heavy atom. The van der Waals surface area contributed by atoms with Crippen molar-refractivity contribution in [1.82, 2.24) is 4.98 Å². The lowest BCUT2D eigenvalue weighted by Gasteiger charge is -1.97. The van der Waals surface area contributed by atoms with Gasteiger partial charge in [0.2, 0.25) is 0 Å². The highest BCUT2D eigenvalue weighted by Gasteiger charge is 1.90. The number of nitrogens with zero attached hydrogens (tertiary/aromatic N) is 1. The molecule has 0 aliphatic carbocycles. The Hall–Kier alpha value is -0.890. The van der Waals surface area contributed by atoms with E-state index in [-0.39, 0.29) is 0 Å². The highest BCUT2D eigenvalue weighted by Crippen LogP contribution is 2.01. The Balaban J connectivity index is 3.01. The van der Waals surface area contributed by atoms with Crippen LogP contribution in [0.1, 0.15) is 11.1 Å². The molecule has 2 heteroatoms. The monoisotopic (exact) mass is 122 g/mol. The van der Waals surface area contributed by atoms with Crippen molar-refractivity contribution >= 4 is 0 Å². The van der Waals surface area contributed by atoms with Crippen molar-refractivity contribution in [3.05, 3.63) is 29.6 Å². The summed E-state index contributed by atoms with van der Waals surface area (Å²) in [5.74, 6) is 0. The average Bonchev–Trinajstić information content (AvgIpc) is 1.89. The molecule has 9 heavy (non-hydrogen) atoms. The molecular weight excluding hydrogens is 112 g/mol. The summed E-state index contributed by atoms with van der Waals surface area (Å²) in [5.41, 5.74) is 7.75. The molecule has 1 rings (SSSR count). The number of aryl methyl sites for hydroxylation is 1. The second-order valence-corrected chi connectivity index (χ2v) is 2.01. The van der Waals surface area contributed by atoms with E-state index < -0.39 is 0 Å². The number of rotatable bonds is 1. The molecule has 2 N–H and O–H groups in total. The Morgan fingerprint density at radius 1 is 1.67 bits per heavy atom. The van der Waals surface area contributed by atoms with E-state index in [1.165, 1.54) is 5.56 Å². The lowest BCUT2D eigenvalue weighted by molar-refractivity contribution is 1.02. The summed E-state index contributed by atoms with van der Waals surface area (Å²) in [7, 11) is 0. The Labute approximate surface area is 54.7 Å². The molecule has 0 saturated carbocycles. The van der Waals surface area contributed by atoms with Crippen LogP contribution in [0.3, 0.4) is 0 Å². The molecule has 0 spiro atoms. The molecule has 0 unspecified atom stereocenters. The van der Waals surface area contributed by atoms with Crippen LogP contribution in [0.25, 0.3) is 0 Å². The van der Waals surface area contributed by atoms with Crippen LogP contribution in [0.2, 0.25) is 0 Å². The first kappa shape index (κ1) is 6.23. The van der Waals surface area contributed by atoms with Crippen molar-refractivity contribution in [3.8, 4) is 0 Å². The topological polar surface area (TPSA) is 38.9 Å². The van der Waals surface area contributed by atoms with Crippen LogP contribution in [-0.4, -0.2) is 4.98 Å². The third-order valence-corrected chi connectivity index (χ3v) is 1.37. The van der Waals surface area contributed by atoms with Gasteiger partial charge < -0.3 is 5.73 Å². The van der Waals surface area contributed by atoms with Gasteiger partial charge in [-0.3, -0.25) is 4.98 Å². The first-order valence-corrected chi connectivity index (χ1v) is 2.94. The van der Waals surface area contributed by atoms with Gasteiger partial charge in [-0.05, 0) is 24.1 Å². The maximum atomic E-state index is 5.41. The van der Waals surface area contributed by atoms with Gasteiger partial charge in [0.15, 0.2) is 0 Å². The molecule has 0 aliphatic rings. The lowest BCUT2D eigenvalue weighted by atomic mass is 10.2. The fraction of sp³-hybridized carbons (Fsp3) is 0.286. The van der Waals surface area contributed by atoms with E-state index in [0.717, 1.165) is 5.56 Å². The van der Waals surface area contributed by atoms with E-state index >= 15 is 0 Å². The predicted octanol–water partition coefficient (Wildman–Crippen LogP) is 0.849. The molecule has 0 fully saturated rings. The number of hydrogen-bond acceptors (Lipinski definition) is 2. The minimum atomic E-state index is 0.583. The van der Waals surface area contributed by atoms with Gasteiger partial charge in [-0.25, -0.2) is 0 Å². The molecule has 0 amide bonds. The van der Waals surface area contributed by atoms with Crippen LogP contribution in [0.15, 0.2) is 18.5 Å². The van der Waals surface area contributed by atoms with Crippen molar-refractivity contribution < 1.29 is 0 Å². The van der Waals surface area contributed by atoms with Crippen LogP contribution in [0, 0.1) is 6.92 Å². The van der Waals surface area contributed by atoms with E-state index in [4.69, 9.17) is 5.73 Å². The molecule has 2 nitrogen and oxygen atoms in total. The molecule has 0 atom stereocenters. The van der Waals surface area contributed by atoms with Crippen molar-refractivity contribution in [2.75, 3.05) is 0 Å². The second-order valence-electron chi connectivity index (χ2n) is 2.01. The zero-order valence-corrected chi connectivity index (χ0v) is 5.46. The van der Waals surface area contributed by atoms with Gasteiger partial charge in [0.25, 0.3) is 0 Å². The average molecular weight is 122 g/mol. The van der Waals surface area contributed by atoms with Crippen LogP contribution in [0.4, 0.5) is 0 Å². The minimum absolute atomic E-state index is 0.583. The van der Waals surface area contributed by atoms with Gasteiger partial charge in [0, 0.05) is 18.9 Å². The summed E-state index contributed by atoms with van der Waals surface area (Å²) in [6, 6.07) is 1.96. The molecule has 0 aliphatic heterocycles. The van der Waals surface area contributed by atoms with Crippen LogP contribution in [-0.2, 0) is 6.54 Å². The van der Waals surface area contributed by atoms with Crippen LogP contribution in [0.5, 0.6) is 0 Å². The number of pyridine rings is 1. The highest BCUT2D eigenvalue weighted by atomic mass is 14.6. The Morgan fingerprint density at radius 2 is 2.44 bits per heavy atom. The molecular formula is C7H10N2. The quantitative estimate of drug-likeness (QED) is 0.599. The zero-order chi connectivity index (χ0) is 6.69. The molecule has 48 valence electrons. The molecule has 1 aromatic heterocycles. The second kappa shape index (κ2) is 2.60. The van der Waals surface area contributed by atoms with E-state index in [1.807, 2.05) is 13.0 Å². The van der Waals surface area contributed by atoms with Gasteiger partial charge in [-0.15, -0.1) is 0 Å². The maximum Gasteiger partial charge on any atom is 0.0315 e. The summed E-state index contributed by atoms with van der Waals surface area (Å²) in [5, 5.41) is 0. The summed E-state index contributed by atoms with van der Waals surface area (Å²) in [6.45, 7) is 2.61. The molecule has 1 heterocycles. The fourth-order valence-electron chi connectivity index (χ4n) is 0.710. The number of aromatic nitrogens is 1. The smallest absolute Gasteiger partial charge is 0.0315 e. The SMILES string of the molecule is Cc1ccncc1CN. The fourth-order valence-corrected chi connectivity index (χ4v) is 0.710. The van der Waals surface area contributed by atoms with Crippen molar-refractivity contribution in [1.29, 1.82) is 0 Å². The van der Waals surface area contributed by atoms with Crippen molar-refractivity contribution in [3.63, 3.8) is 0 Å². The van der Waals surface area contributed by atoms with Crippen LogP contribution >= 0.6 is 0 Å². The molecule has 0 saturated heterocycles. The van der Waals surface area contributed by atoms with Gasteiger partial charge >= 0.3 is 0 Å². The lowest BCUT2D eigenvalue weighted by Crippen LogP contribution is -1.98. The highest BCUT2D eigenvalue weighted by molar-refractivity contribution is 5.20. The molecule has 1 aromatic rings. The molecule has 0 radical (unpaired) electrons. The number of hydrogen-bond donors (Lipinski definition) is 1. The Kier molecular flexibility index (Phi) is 1.80. The summed E-state index contributed by atoms with van der Waals surface area (Å²) in [4.78, 5) is 3.94. The number of nitrogens with two attached hydrogens (primary N) is 1. The maximum absolute atomic E-state index is 5.41. The van der Waals surface area contributed by atoms with E-state index in [9.17, 15) is 0 Å². The van der Waals surface area contributed by atoms with E-state index in [1.54, 1.807) is 12.4 Å². The third-order valence-electron chi connectivity index (χ3n) is 1.37. The molecule has 0 aromatic carbocycles. The summed E-state index contributed by atoms with van der Waals surface area (Å²) in [6.07, 6.45) is 3.57. The van der Waals surface area contributed by atoms with Gasteiger partial charge in [-0.1, -0.05) is 0 Å². The third kappa shape index (κ3) is 1.27. The van der Waals surface area contributed by atoms with Crippen molar-refractivity contribution in [2.45, 2.75) is 13.5 Å². The van der Waals surface area contributed by atoms with Crippen molar-refractivity contribution in [2.24, 2.45) is 5.73 Å². The van der Waals surface area contributed by atoms with E-state index in [0.29, 0.717) is 6.54 Å². The van der Waals surface area contributed by atoms with Gasteiger partial charge in [0.1, 0.15) is 0 Å². The standard InChI is InChI=1S/C7H10N2/c1-6-2-3-9-5-7(6)4-8/h2-3,5H,4,8H2,1H3. The van der Waals surface area contributed by atoms with Crippen LogP contribution < -0.4 is 5.73 Å². The van der Waals surface area contributed by atoms with E-state index in [2.05, 4.69) is 4.98 Å². The largest absolute Gasteiger partial charge is 0.326 e. The summed E-state index contributed by atoms with van der Waals surface area (Å²) < 4.78 is 0. The predicted molar refractivity (Wildman–Crippen MR) is 36.9 cm³/mol. The van der Waals surface area contributed by atoms with Gasteiger partial charge in [0.05, 0.1) is 0 Å². The Bertz CT molecular complexity index is 196. The first-order chi connectivity index (χ1) is 4.34. The molecule has 0 bridgehead atoms. The normalized spacial score (nSPS) is 9.56. The summed E-state index contributed by atoms with van der Waals surface area (Å²) >= 11 is 0.